The smallest absolute Gasteiger partial charge is 0.158 e. The lowest BCUT2D eigenvalue weighted by Gasteiger charge is -2.30. The van der Waals surface area contributed by atoms with Crippen molar-refractivity contribution in [1.82, 2.24) is 9.88 Å². The van der Waals surface area contributed by atoms with E-state index in [1.807, 2.05) is 51.0 Å². The monoisotopic (exact) mass is 206 g/mol. The predicted octanol–water partition coefficient (Wildman–Crippen LogP) is 1.53. The first-order valence-electron chi connectivity index (χ1n) is 5.05. The summed E-state index contributed by atoms with van der Waals surface area (Å²) in [6, 6.07) is 5.63. The lowest BCUT2D eigenvalue weighted by Crippen LogP contribution is -2.46. The van der Waals surface area contributed by atoms with Crippen LogP contribution in [0.15, 0.2) is 24.4 Å². The van der Waals surface area contributed by atoms with Crippen LogP contribution in [-0.4, -0.2) is 35.3 Å². The standard InChI is InChI=1S/C12H18N2O/c1-12(2,14(3)4)11(15)9-10-7-5-6-8-13-10/h5-8H,9H2,1-4H3. The Balaban J connectivity index is 2.72. The van der Waals surface area contributed by atoms with Crippen LogP contribution in [0.1, 0.15) is 19.5 Å². The maximum Gasteiger partial charge on any atom is 0.158 e. The zero-order valence-corrected chi connectivity index (χ0v) is 9.82. The Labute approximate surface area is 91.1 Å². The molecule has 3 nitrogen and oxygen atoms in total. The van der Waals surface area contributed by atoms with E-state index in [1.165, 1.54) is 0 Å². The third-order valence-electron chi connectivity index (χ3n) is 2.87. The molecule has 0 aliphatic rings. The number of hydrogen-bond donors (Lipinski definition) is 0. The predicted molar refractivity (Wildman–Crippen MR) is 60.7 cm³/mol. The second-order valence-corrected chi connectivity index (χ2v) is 4.37. The van der Waals surface area contributed by atoms with E-state index < -0.39 is 5.54 Å². The molecule has 0 amide bonds. The molecule has 82 valence electrons. The summed E-state index contributed by atoms with van der Waals surface area (Å²) in [5, 5.41) is 0. The van der Waals surface area contributed by atoms with E-state index in [0.717, 1.165) is 5.69 Å². The fourth-order valence-corrected chi connectivity index (χ4v) is 1.13. The highest BCUT2D eigenvalue weighted by atomic mass is 16.1. The van der Waals surface area contributed by atoms with Gasteiger partial charge in [0.15, 0.2) is 5.78 Å². The van der Waals surface area contributed by atoms with Crippen LogP contribution < -0.4 is 0 Å². The highest BCUT2D eigenvalue weighted by molar-refractivity contribution is 5.89. The first kappa shape index (κ1) is 11.9. The molecule has 0 radical (unpaired) electrons. The van der Waals surface area contributed by atoms with Gasteiger partial charge in [0.05, 0.1) is 12.0 Å². The van der Waals surface area contributed by atoms with E-state index in [-0.39, 0.29) is 5.78 Å². The molecule has 0 saturated heterocycles. The van der Waals surface area contributed by atoms with E-state index in [2.05, 4.69) is 4.98 Å². The van der Waals surface area contributed by atoms with Gasteiger partial charge in [0.2, 0.25) is 0 Å². The van der Waals surface area contributed by atoms with Gasteiger partial charge in [-0.1, -0.05) is 6.07 Å². The molecule has 3 heteroatoms. The number of rotatable bonds is 4. The Bertz CT molecular complexity index is 331. The van der Waals surface area contributed by atoms with Crippen molar-refractivity contribution in [3.8, 4) is 0 Å². The van der Waals surface area contributed by atoms with Gasteiger partial charge in [-0.05, 0) is 40.1 Å². The van der Waals surface area contributed by atoms with Gasteiger partial charge in [0, 0.05) is 11.9 Å². The van der Waals surface area contributed by atoms with Crippen molar-refractivity contribution in [1.29, 1.82) is 0 Å². The van der Waals surface area contributed by atoms with Gasteiger partial charge < -0.3 is 0 Å². The van der Waals surface area contributed by atoms with Crippen LogP contribution in [0.4, 0.5) is 0 Å². The summed E-state index contributed by atoms with van der Waals surface area (Å²) >= 11 is 0. The fourth-order valence-electron chi connectivity index (χ4n) is 1.13. The summed E-state index contributed by atoms with van der Waals surface area (Å²) in [6.45, 7) is 3.86. The highest BCUT2D eigenvalue weighted by Crippen LogP contribution is 2.14. The van der Waals surface area contributed by atoms with E-state index >= 15 is 0 Å². The number of ketones is 1. The minimum atomic E-state index is -0.433. The zero-order chi connectivity index (χ0) is 11.5. The van der Waals surface area contributed by atoms with E-state index in [4.69, 9.17) is 0 Å². The SMILES string of the molecule is CN(C)C(C)(C)C(=O)Cc1ccccn1. The molecule has 0 N–H and O–H groups in total. The topological polar surface area (TPSA) is 33.2 Å². The van der Waals surface area contributed by atoms with Crippen molar-refractivity contribution in [2.75, 3.05) is 14.1 Å². The maximum absolute atomic E-state index is 12.0. The van der Waals surface area contributed by atoms with Gasteiger partial charge in [0.25, 0.3) is 0 Å². The lowest BCUT2D eigenvalue weighted by atomic mass is 9.94. The molecule has 0 bridgehead atoms. The third-order valence-corrected chi connectivity index (χ3v) is 2.87. The quantitative estimate of drug-likeness (QED) is 0.749. The summed E-state index contributed by atoms with van der Waals surface area (Å²) in [6.07, 6.45) is 2.11. The summed E-state index contributed by atoms with van der Waals surface area (Å²) in [7, 11) is 3.83. The van der Waals surface area contributed by atoms with Crippen LogP contribution in [0, 0.1) is 0 Å². The second kappa shape index (κ2) is 4.53. The van der Waals surface area contributed by atoms with E-state index in [1.54, 1.807) is 6.20 Å². The largest absolute Gasteiger partial charge is 0.298 e. The molecule has 0 spiro atoms. The summed E-state index contributed by atoms with van der Waals surface area (Å²) in [5.41, 5.74) is 0.398. The Morgan fingerprint density at radius 1 is 1.40 bits per heavy atom. The number of pyridine rings is 1. The Morgan fingerprint density at radius 3 is 2.53 bits per heavy atom. The van der Waals surface area contributed by atoms with Crippen molar-refractivity contribution < 1.29 is 4.79 Å². The van der Waals surface area contributed by atoms with Crippen LogP contribution in [0.3, 0.4) is 0 Å². The maximum atomic E-state index is 12.0. The van der Waals surface area contributed by atoms with Crippen LogP contribution >= 0.6 is 0 Å². The van der Waals surface area contributed by atoms with Gasteiger partial charge in [-0.25, -0.2) is 0 Å². The van der Waals surface area contributed by atoms with Crippen molar-refractivity contribution >= 4 is 5.78 Å². The molecule has 0 aliphatic carbocycles. The molecule has 1 aromatic heterocycles. The van der Waals surface area contributed by atoms with Crippen LogP contribution in [0.2, 0.25) is 0 Å². The third kappa shape index (κ3) is 2.86. The average Bonchev–Trinajstić information content (AvgIpc) is 2.18. The molecular weight excluding hydrogens is 188 g/mol. The fraction of sp³-hybridized carbons (Fsp3) is 0.500. The van der Waals surface area contributed by atoms with Crippen LogP contribution in [0.25, 0.3) is 0 Å². The molecule has 1 aromatic rings. The zero-order valence-electron chi connectivity index (χ0n) is 9.82. The second-order valence-electron chi connectivity index (χ2n) is 4.37. The van der Waals surface area contributed by atoms with Crippen LogP contribution in [-0.2, 0) is 11.2 Å². The highest BCUT2D eigenvalue weighted by Gasteiger charge is 2.29. The first-order valence-corrected chi connectivity index (χ1v) is 5.05. The number of nitrogens with zero attached hydrogens (tertiary/aromatic N) is 2. The summed E-state index contributed by atoms with van der Waals surface area (Å²) < 4.78 is 0. The van der Waals surface area contributed by atoms with Crippen molar-refractivity contribution in [2.45, 2.75) is 25.8 Å². The summed E-state index contributed by atoms with van der Waals surface area (Å²) in [5.74, 6) is 0.186. The number of carbonyl (C=O) groups excluding carboxylic acids is 1. The van der Waals surface area contributed by atoms with E-state index in [0.29, 0.717) is 6.42 Å². The molecule has 1 heterocycles. The molecule has 0 aromatic carbocycles. The molecule has 0 saturated carbocycles. The van der Waals surface area contributed by atoms with Gasteiger partial charge in [-0.2, -0.15) is 0 Å². The van der Waals surface area contributed by atoms with Crippen molar-refractivity contribution in [2.24, 2.45) is 0 Å². The number of hydrogen-bond acceptors (Lipinski definition) is 3. The van der Waals surface area contributed by atoms with Crippen molar-refractivity contribution in [3.05, 3.63) is 30.1 Å². The van der Waals surface area contributed by atoms with Gasteiger partial charge in [-0.15, -0.1) is 0 Å². The normalized spacial score (nSPS) is 11.8. The minimum absolute atomic E-state index is 0.186. The molecule has 15 heavy (non-hydrogen) atoms. The molecule has 0 atom stereocenters. The number of Topliss-reactive ketones (excluding diaryl/α,β-unsaturated/α-hetero) is 1. The molecule has 0 aliphatic heterocycles. The van der Waals surface area contributed by atoms with Gasteiger partial charge >= 0.3 is 0 Å². The van der Waals surface area contributed by atoms with Crippen LogP contribution in [0.5, 0.6) is 0 Å². The Hall–Kier alpha value is -1.22. The van der Waals surface area contributed by atoms with Gasteiger partial charge in [-0.3, -0.25) is 14.7 Å². The Kier molecular flexibility index (Phi) is 3.58. The number of aromatic nitrogens is 1. The average molecular weight is 206 g/mol. The van der Waals surface area contributed by atoms with E-state index in [9.17, 15) is 4.79 Å². The summed E-state index contributed by atoms with van der Waals surface area (Å²) in [4.78, 5) is 18.1. The molecule has 0 unspecified atom stereocenters. The van der Waals surface area contributed by atoms with Gasteiger partial charge in [0.1, 0.15) is 0 Å². The molecule has 0 fully saturated rings. The molecule has 1 rings (SSSR count). The number of likely N-dealkylation sites (N-methyl/N-ethyl adjacent to an activating group) is 1. The first-order chi connectivity index (χ1) is 6.94. The minimum Gasteiger partial charge on any atom is -0.298 e. The number of carbonyl (C=O) groups is 1. The molecular formula is C12H18N2O. The van der Waals surface area contributed by atoms with Crippen molar-refractivity contribution in [3.63, 3.8) is 0 Å². The Morgan fingerprint density at radius 2 is 2.07 bits per heavy atom. The lowest BCUT2D eigenvalue weighted by molar-refractivity contribution is -0.127.